The van der Waals surface area contributed by atoms with E-state index in [0.717, 1.165) is 18.7 Å². The third kappa shape index (κ3) is 3.28. The van der Waals surface area contributed by atoms with Crippen LogP contribution in [0.4, 0.5) is 0 Å². The van der Waals surface area contributed by atoms with Crippen LogP contribution in [0.25, 0.3) is 0 Å². The Morgan fingerprint density at radius 2 is 2.06 bits per heavy atom. The average molecular weight is 238 g/mol. The van der Waals surface area contributed by atoms with Crippen molar-refractivity contribution in [2.45, 2.75) is 58.3 Å². The SMILES string of the molecule is CC1(C)CCC(c2noc(CCCO)n2)CC1. The van der Waals surface area contributed by atoms with E-state index in [-0.39, 0.29) is 6.61 Å². The summed E-state index contributed by atoms with van der Waals surface area (Å²) in [5.41, 5.74) is 0.472. The summed E-state index contributed by atoms with van der Waals surface area (Å²) in [5, 5.41) is 12.8. The molecule has 1 saturated carbocycles. The van der Waals surface area contributed by atoms with Crippen LogP contribution in [-0.2, 0) is 6.42 Å². The molecule has 2 rings (SSSR count). The number of nitrogens with zero attached hydrogens (tertiary/aromatic N) is 2. The number of aliphatic hydroxyl groups is 1. The zero-order chi connectivity index (χ0) is 12.3. The van der Waals surface area contributed by atoms with E-state index in [2.05, 4.69) is 24.0 Å². The molecule has 0 unspecified atom stereocenters. The molecular formula is C13H22N2O2. The topological polar surface area (TPSA) is 59.2 Å². The third-order valence-electron chi connectivity index (χ3n) is 3.74. The summed E-state index contributed by atoms with van der Waals surface area (Å²) in [4.78, 5) is 4.43. The van der Waals surface area contributed by atoms with E-state index >= 15 is 0 Å². The van der Waals surface area contributed by atoms with Crippen LogP contribution in [-0.4, -0.2) is 21.9 Å². The van der Waals surface area contributed by atoms with Crippen molar-refractivity contribution in [1.29, 1.82) is 0 Å². The predicted molar refractivity (Wildman–Crippen MR) is 64.7 cm³/mol. The average Bonchev–Trinajstić information content (AvgIpc) is 2.75. The summed E-state index contributed by atoms with van der Waals surface area (Å²) in [7, 11) is 0. The Morgan fingerprint density at radius 3 is 2.71 bits per heavy atom. The van der Waals surface area contributed by atoms with Gasteiger partial charge < -0.3 is 9.63 Å². The summed E-state index contributed by atoms with van der Waals surface area (Å²) in [6, 6.07) is 0. The van der Waals surface area contributed by atoms with Crippen molar-refractivity contribution in [3.63, 3.8) is 0 Å². The molecule has 0 atom stereocenters. The van der Waals surface area contributed by atoms with Gasteiger partial charge in [0.15, 0.2) is 5.82 Å². The highest BCUT2D eigenvalue weighted by Gasteiger charge is 2.29. The Labute approximate surface area is 102 Å². The fraction of sp³-hybridized carbons (Fsp3) is 0.846. The number of aromatic nitrogens is 2. The number of aliphatic hydroxyl groups excluding tert-OH is 1. The van der Waals surface area contributed by atoms with E-state index in [0.29, 0.717) is 30.1 Å². The highest BCUT2D eigenvalue weighted by Crippen LogP contribution is 2.41. The Morgan fingerprint density at radius 1 is 1.35 bits per heavy atom. The summed E-state index contributed by atoms with van der Waals surface area (Å²) in [5.74, 6) is 2.00. The first-order valence-electron chi connectivity index (χ1n) is 6.54. The van der Waals surface area contributed by atoms with Crippen molar-refractivity contribution in [1.82, 2.24) is 10.1 Å². The van der Waals surface area contributed by atoms with Gasteiger partial charge in [-0.25, -0.2) is 0 Å². The zero-order valence-corrected chi connectivity index (χ0v) is 10.8. The molecular weight excluding hydrogens is 216 g/mol. The quantitative estimate of drug-likeness (QED) is 0.876. The number of aryl methyl sites for hydroxylation is 1. The van der Waals surface area contributed by atoms with Gasteiger partial charge in [-0.3, -0.25) is 0 Å². The minimum Gasteiger partial charge on any atom is -0.396 e. The smallest absolute Gasteiger partial charge is 0.226 e. The minimum atomic E-state index is 0.176. The molecule has 1 aromatic rings. The van der Waals surface area contributed by atoms with Gasteiger partial charge in [0, 0.05) is 18.9 Å². The molecule has 1 heterocycles. The molecule has 0 spiro atoms. The molecule has 1 aliphatic carbocycles. The molecule has 0 aliphatic heterocycles. The molecule has 0 amide bonds. The fourth-order valence-electron chi connectivity index (χ4n) is 2.42. The summed E-state index contributed by atoms with van der Waals surface area (Å²) < 4.78 is 5.20. The predicted octanol–water partition coefficient (Wildman–Crippen LogP) is 2.68. The van der Waals surface area contributed by atoms with Crippen LogP contribution in [0.3, 0.4) is 0 Å². The molecule has 0 radical (unpaired) electrons. The summed E-state index contributed by atoms with van der Waals surface area (Å²) in [6.45, 7) is 4.83. The molecule has 1 fully saturated rings. The fourth-order valence-corrected chi connectivity index (χ4v) is 2.42. The third-order valence-corrected chi connectivity index (χ3v) is 3.74. The second-order valence-corrected chi connectivity index (χ2v) is 5.81. The molecule has 96 valence electrons. The van der Waals surface area contributed by atoms with Crippen molar-refractivity contribution in [2.75, 3.05) is 6.61 Å². The van der Waals surface area contributed by atoms with Crippen LogP contribution in [0.5, 0.6) is 0 Å². The first-order valence-corrected chi connectivity index (χ1v) is 6.54. The highest BCUT2D eigenvalue weighted by atomic mass is 16.5. The van der Waals surface area contributed by atoms with E-state index in [1.165, 1.54) is 12.8 Å². The Hall–Kier alpha value is -0.900. The van der Waals surface area contributed by atoms with Crippen LogP contribution < -0.4 is 0 Å². The second-order valence-electron chi connectivity index (χ2n) is 5.81. The normalized spacial score (nSPS) is 20.6. The molecule has 1 aromatic heterocycles. The lowest BCUT2D eigenvalue weighted by molar-refractivity contribution is 0.218. The molecule has 0 bridgehead atoms. The van der Waals surface area contributed by atoms with Crippen LogP contribution in [0, 0.1) is 5.41 Å². The second kappa shape index (κ2) is 5.17. The van der Waals surface area contributed by atoms with Crippen molar-refractivity contribution >= 4 is 0 Å². The highest BCUT2D eigenvalue weighted by molar-refractivity contribution is 4.99. The first kappa shape index (κ1) is 12.6. The Bertz CT molecular complexity index is 350. The summed E-state index contributed by atoms with van der Waals surface area (Å²) in [6.07, 6.45) is 6.16. The molecule has 1 aliphatic rings. The lowest BCUT2D eigenvalue weighted by Gasteiger charge is -2.32. The van der Waals surface area contributed by atoms with Gasteiger partial charge in [-0.2, -0.15) is 4.98 Å². The summed E-state index contributed by atoms with van der Waals surface area (Å²) >= 11 is 0. The van der Waals surface area contributed by atoms with Gasteiger partial charge in [-0.15, -0.1) is 0 Å². The maximum atomic E-state index is 8.75. The van der Waals surface area contributed by atoms with E-state index in [1.807, 2.05) is 0 Å². The van der Waals surface area contributed by atoms with Gasteiger partial charge in [0.2, 0.25) is 5.89 Å². The van der Waals surface area contributed by atoms with Crippen LogP contribution in [0.15, 0.2) is 4.52 Å². The minimum absolute atomic E-state index is 0.176. The van der Waals surface area contributed by atoms with Crippen molar-refractivity contribution in [3.05, 3.63) is 11.7 Å². The molecule has 0 saturated heterocycles. The van der Waals surface area contributed by atoms with Crippen molar-refractivity contribution in [3.8, 4) is 0 Å². The van der Waals surface area contributed by atoms with Gasteiger partial charge in [0.25, 0.3) is 0 Å². The van der Waals surface area contributed by atoms with E-state index in [1.54, 1.807) is 0 Å². The molecule has 0 aromatic carbocycles. The van der Waals surface area contributed by atoms with Crippen LogP contribution >= 0.6 is 0 Å². The zero-order valence-electron chi connectivity index (χ0n) is 10.8. The number of hydrogen-bond acceptors (Lipinski definition) is 4. The lowest BCUT2D eigenvalue weighted by Crippen LogP contribution is -2.20. The van der Waals surface area contributed by atoms with Gasteiger partial charge in [-0.05, 0) is 37.5 Å². The van der Waals surface area contributed by atoms with E-state index < -0.39 is 0 Å². The number of hydrogen-bond donors (Lipinski definition) is 1. The Kier molecular flexibility index (Phi) is 3.82. The molecule has 4 heteroatoms. The van der Waals surface area contributed by atoms with Gasteiger partial charge in [0.1, 0.15) is 0 Å². The molecule has 4 nitrogen and oxygen atoms in total. The largest absolute Gasteiger partial charge is 0.396 e. The lowest BCUT2D eigenvalue weighted by atomic mass is 9.73. The molecule has 17 heavy (non-hydrogen) atoms. The maximum absolute atomic E-state index is 8.75. The maximum Gasteiger partial charge on any atom is 0.226 e. The van der Waals surface area contributed by atoms with Crippen molar-refractivity contribution in [2.24, 2.45) is 5.41 Å². The molecule has 1 N–H and O–H groups in total. The number of rotatable bonds is 4. The van der Waals surface area contributed by atoms with E-state index in [4.69, 9.17) is 9.63 Å². The van der Waals surface area contributed by atoms with Crippen molar-refractivity contribution < 1.29 is 9.63 Å². The van der Waals surface area contributed by atoms with Gasteiger partial charge >= 0.3 is 0 Å². The van der Waals surface area contributed by atoms with Gasteiger partial charge in [-0.1, -0.05) is 19.0 Å². The standard InChI is InChI=1S/C13H22N2O2/c1-13(2)7-5-10(6-8-13)12-14-11(17-15-12)4-3-9-16/h10,16H,3-9H2,1-2H3. The first-order chi connectivity index (χ1) is 8.11. The monoisotopic (exact) mass is 238 g/mol. The van der Waals surface area contributed by atoms with Crippen LogP contribution in [0.1, 0.15) is 63.6 Å². The van der Waals surface area contributed by atoms with Gasteiger partial charge in [0.05, 0.1) is 0 Å². The Balaban J connectivity index is 1.92. The van der Waals surface area contributed by atoms with E-state index in [9.17, 15) is 0 Å². The van der Waals surface area contributed by atoms with Crippen LogP contribution in [0.2, 0.25) is 0 Å².